The fourth-order valence-corrected chi connectivity index (χ4v) is 4.13. The van der Waals surface area contributed by atoms with Crippen LogP contribution in [-0.4, -0.2) is 46.5 Å². The van der Waals surface area contributed by atoms with Gasteiger partial charge in [-0.15, -0.1) is 0 Å². The molecule has 7 heteroatoms. The van der Waals surface area contributed by atoms with Crippen molar-refractivity contribution in [1.82, 2.24) is 4.90 Å². The van der Waals surface area contributed by atoms with Crippen molar-refractivity contribution < 1.29 is 19.7 Å². The Morgan fingerprint density at radius 2 is 1.93 bits per heavy atom. The van der Waals surface area contributed by atoms with Gasteiger partial charge >= 0.3 is 0 Å². The summed E-state index contributed by atoms with van der Waals surface area (Å²) >= 11 is 6.25. The average Bonchev–Trinajstić information content (AvgIpc) is 2.63. The molecule has 1 aliphatic rings. The molecule has 0 amide bonds. The van der Waals surface area contributed by atoms with E-state index in [1.165, 1.54) is 6.07 Å². The van der Waals surface area contributed by atoms with Gasteiger partial charge in [-0.1, -0.05) is 23.7 Å². The van der Waals surface area contributed by atoms with Crippen molar-refractivity contribution in [1.29, 1.82) is 0 Å². The second-order valence-corrected chi connectivity index (χ2v) is 7.62. The first-order valence-electron chi connectivity index (χ1n) is 9.01. The summed E-state index contributed by atoms with van der Waals surface area (Å²) in [5.74, 6) is -0.767. The number of hydrogen-bond acceptors (Lipinski definition) is 6. The van der Waals surface area contributed by atoms with Crippen molar-refractivity contribution in [3.63, 3.8) is 0 Å². The Kier molecular flexibility index (Phi) is 4.79. The van der Waals surface area contributed by atoms with Gasteiger partial charge in [0.1, 0.15) is 28.2 Å². The number of likely N-dealkylation sites (tertiary alicyclic amines) is 1. The summed E-state index contributed by atoms with van der Waals surface area (Å²) in [6, 6.07) is 9.35. The van der Waals surface area contributed by atoms with Crippen molar-refractivity contribution >= 4 is 22.6 Å². The number of aliphatic hydroxyl groups excluding tert-OH is 1. The van der Waals surface area contributed by atoms with E-state index in [-0.39, 0.29) is 28.2 Å². The van der Waals surface area contributed by atoms with E-state index >= 15 is 0 Å². The number of nitrogens with zero attached hydrogens (tertiary/aromatic N) is 1. The van der Waals surface area contributed by atoms with E-state index in [4.69, 9.17) is 16.0 Å². The maximum Gasteiger partial charge on any atom is 0.197 e. The van der Waals surface area contributed by atoms with E-state index in [2.05, 4.69) is 0 Å². The number of likely N-dealkylation sites (N-methyl/N-ethyl adjacent to an activating group) is 1. The first-order chi connectivity index (χ1) is 13.4. The van der Waals surface area contributed by atoms with E-state index in [0.717, 1.165) is 12.6 Å². The van der Waals surface area contributed by atoms with E-state index in [9.17, 15) is 20.1 Å². The Hall–Kier alpha value is -2.54. The molecule has 1 aliphatic heterocycles. The van der Waals surface area contributed by atoms with Crippen molar-refractivity contribution in [2.45, 2.75) is 18.4 Å². The molecular weight excluding hydrogens is 382 g/mol. The summed E-state index contributed by atoms with van der Waals surface area (Å²) in [6.07, 6.45) is -0.169. The molecule has 146 valence electrons. The second-order valence-electron chi connectivity index (χ2n) is 7.21. The lowest BCUT2D eigenvalue weighted by atomic mass is 9.85. The number of phenolic OH excluding ortho intramolecular Hbond substituents is 2. The van der Waals surface area contributed by atoms with Crippen molar-refractivity contribution in [2.24, 2.45) is 0 Å². The Morgan fingerprint density at radius 3 is 2.64 bits per heavy atom. The van der Waals surface area contributed by atoms with Gasteiger partial charge in [0.25, 0.3) is 0 Å². The molecular formula is C21H20ClNO5. The van der Waals surface area contributed by atoms with Crippen LogP contribution in [0.4, 0.5) is 0 Å². The zero-order valence-corrected chi connectivity index (χ0v) is 16.0. The smallest absolute Gasteiger partial charge is 0.197 e. The third-order valence-electron chi connectivity index (χ3n) is 5.29. The fraction of sp³-hybridized carbons (Fsp3) is 0.286. The first-order valence-corrected chi connectivity index (χ1v) is 9.38. The molecule has 0 spiro atoms. The zero-order chi connectivity index (χ0) is 20.0. The van der Waals surface area contributed by atoms with Gasteiger partial charge in [0.2, 0.25) is 0 Å². The minimum Gasteiger partial charge on any atom is -0.507 e. The number of aliphatic hydroxyl groups is 1. The normalized spacial score (nSPS) is 20.5. The predicted molar refractivity (Wildman–Crippen MR) is 107 cm³/mol. The number of phenols is 2. The summed E-state index contributed by atoms with van der Waals surface area (Å²) in [5.41, 5.74) is 0.492. The monoisotopic (exact) mass is 401 g/mol. The van der Waals surface area contributed by atoms with E-state index in [1.54, 1.807) is 24.3 Å². The topological polar surface area (TPSA) is 94.1 Å². The Balaban J connectivity index is 2.00. The van der Waals surface area contributed by atoms with Crippen LogP contribution in [-0.2, 0) is 0 Å². The van der Waals surface area contributed by atoms with Crippen molar-refractivity contribution in [2.75, 3.05) is 20.1 Å². The van der Waals surface area contributed by atoms with Crippen LogP contribution in [0.15, 0.2) is 45.6 Å². The average molecular weight is 402 g/mol. The molecule has 2 heterocycles. The maximum absolute atomic E-state index is 12.8. The quantitative estimate of drug-likeness (QED) is 0.610. The Morgan fingerprint density at radius 1 is 1.18 bits per heavy atom. The molecule has 6 nitrogen and oxygen atoms in total. The van der Waals surface area contributed by atoms with Gasteiger partial charge in [-0.25, -0.2) is 0 Å². The predicted octanol–water partition coefficient (Wildman–Crippen LogP) is 3.30. The van der Waals surface area contributed by atoms with Crippen molar-refractivity contribution in [3.8, 4) is 22.8 Å². The molecule has 0 bridgehead atoms. The second kappa shape index (κ2) is 7.13. The standard InChI is InChI=1S/C21H20ClNO5/c1-23-7-6-12(17(27)10-23)19-14(24)8-15(25)20-16(26)9-18(28-21(19)20)11-4-2-3-5-13(11)22/h2-5,8-9,12,17,24-25,27H,6-7,10H2,1H3/t12?,17-/m0/s1. The van der Waals surface area contributed by atoms with Gasteiger partial charge in [0.05, 0.1) is 11.1 Å². The lowest BCUT2D eigenvalue weighted by molar-refractivity contribution is 0.0630. The van der Waals surface area contributed by atoms with E-state index in [1.807, 2.05) is 11.9 Å². The van der Waals surface area contributed by atoms with Crippen LogP contribution >= 0.6 is 11.6 Å². The molecule has 2 atom stereocenters. The summed E-state index contributed by atoms with van der Waals surface area (Å²) in [5, 5.41) is 31.8. The van der Waals surface area contributed by atoms with Crippen LogP contribution in [0, 0.1) is 0 Å². The molecule has 0 saturated carbocycles. The number of fused-ring (bicyclic) bond motifs is 1. The van der Waals surface area contributed by atoms with Gasteiger partial charge in [-0.05, 0) is 32.1 Å². The van der Waals surface area contributed by atoms with Crippen LogP contribution in [0.3, 0.4) is 0 Å². The molecule has 0 aliphatic carbocycles. The van der Waals surface area contributed by atoms with Crippen LogP contribution in [0.5, 0.6) is 11.5 Å². The van der Waals surface area contributed by atoms with Crippen molar-refractivity contribution in [3.05, 3.63) is 57.2 Å². The molecule has 4 rings (SSSR count). The number of rotatable bonds is 2. The highest BCUT2D eigenvalue weighted by Crippen LogP contribution is 2.42. The molecule has 28 heavy (non-hydrogen) atoms. The van der Waals surface area contributed by atoms with Gasteiger partial charge in [-0.3, -0.25) is 4.79 Å². The number of aromatic hydroxyl groups is 2. The minimum absolute atomic E-state index is 0.0188. The molecule has 1 fully saturated rings. The highest BCUT2D eigenvalue weighted by atomic mass is 35.5. The number of benzene rings is 2. The number of halogens is 1. The van der Waals surface area contributed by atoms with Crippen LogP contribution < -0.4 is 5.43 Å². The van der Waals surface area contributed by atoms with Gasteiger partial charge in [0, 0.05) is 35.7 Å². The summed E-state index contributed by atoms with van der Waals surface area (Å²) in [4.78, 5) is 14.8. The molecule has 1 saturated heterocycles. The highest BCUT2D eigenvalue weighted by molar-refractivity contribution is 6.33. The molecule has 1 unspecified atom stereocenters. The minimum atomic E-state index is -0.744. The number of hydrogen-bond donors (Lipinski definition) is 3. The molecule has 2 aromatic carbocycles. The third-order valence-corrected chi connectivity index (χ3v) is 5.62. The van der Waals surface area contributed by atoms with Gasteiger partial charge in [-0.2, -0.15) is 0 Å². The van der Waals surface area contributed by atoms with Crippen LogP contribution in [0.1, 0.15) is 17.9 Å². The Labute approximate surface area is 166 Å². The summed E-state index contributed by atoms with van der Waals surface area (Å²) < 4.78 is 6.00. The van der Waals surface area contributed by atoms with Gasteiger partial charge < -0.3 is 24.6 Å². The molecule has 3 aromatic rings. The lowest BCUT2D eigenvalue weighted by Gasteiger charge is -2.34. The van der Waals surface area contributed by atoms with E-state index in [0.29, 0.717) is 29.1 Å². The Bertz CT molecular complexity index is 1110. The maximum atomic E-state index is 12.8. The molecule has 1 aromatic heterocycles. The molecule has 3 N–H and O–H groups in total. The fourth-order valence-electron chi connectivity index (χ4n) is 3.90. The summed E-state index contributed by atoms with van der Waals surface area (Å²) in [6.45, 7) is 1.15. The first kappa shape index (κ1) is 18.8. The highest BCUT2D eigenvalue weighted by Gasteiger charge is 2.33. The number of piperidine rings is 1. The SMILES string of the molecule is CN1CCC(c2c(O)cc(O)c3c(=O)cc(-c4ccccc4Cl)oc23)[C@@H](O)C1. The van der Waals surface area contributed by atoms with Crippen LogP contribution in [0.2, 0.25) is 5.02 Å². The van der Waals surface area contributed by atoms with Crippen LogP contribution in [0.25, 0.3) is 22.3 Å². The molecule has 0 radical (unpaired) electrons. The lowest BCUT2D eigenvalue weighted by Crippen LogP contribution is -2.40. The zero-order valence-electron chi connectivity index (χ0n) is 15.2. The van der Waals surface area contributed by atoms with E-state index < -0.39 is 17.5 Å². The van der Waals surface area contributed by atoms with Gasteiger partial charge in [0.15, 0.2) is 5.43 Å². The third kappa shape index (κ3) is 3.13. The summed E-state index contributed by atoms with van der Waals surface area (Å²) in [7, 11) is 1.91. The number of β-amino-alcohol motifs (C(OH)–C–C–N with tert-alkyl or cyclic N) is 1. The largest absolute Gasteiger partial charge is 0.507 e.